The van der Waals surface area contributed by atoms with E-state index in [1.165, 1.54) is 7.11 Å². The fourth-order valence-corrected chi connectivity index (χ4v) is 2.74. The monoisotopic (exact) mass is 397 g/mol. The molecule has 0 atom stereocenters. The van der Waals surface area contributed by atoms with Gasteiger partial charge in [0, 0.05) is 28.7 Å². The molecule has 0 saturated carbocycles. The van der Waals surface area contributed by atoms with Gasteiger partial charge in [-0.05, 0) is 48.9 Å². The first-order valence-electron chi connectivity index (χ1n) is 8.53. The number of nitrogens with zero attached hydrogens (tertiary/aromatic N) is 1. The highest BCUT2D eigenvalue weighted by Gasteiger charge is 2.13. The summed E-state index contributed by atoms with van der Waals surface area (Å²) in [6.07, 6.45) is 1.57. The predicted octanol–water partition coefficient (Wildman–Crippen LogP) is 5.06. The minimum atomic E-state index is -0.353. The summed E-state index contributed by atoms with van der Waals surface area (Å²) < 4.78 is 10.5. The Kier molecular flexibility index (Phi) is 6.01. The van der Waals surface area contributed by atoms with Crippen molar-refractivity contribution >= 4 is 34.6 Å². The predicted molar refractivity (Wildman–Crippen MR) is 111 cm³/mol. The molecule has 28 heavy (non-hydrogen) atoms. The van der Waals surface area contributed by atoms with Crippen LogP contribution in [0, 0.1) is 6.92 Å². The fourth-order valence-electron chi connectivity index (χ4n) is 2.56. The number of nitrogens with one attached hydrogen (secondary N) is 2. The molecule has 2 N–H and O–H groups in total. The minimum Gasteiger partial charge on any atom is -0.497 e. The van der Waals surface area contributed by atoms with Gasteiger partial charge in [-0.25, -0.2) is 0 Å². The Hall–Kier alpha value is -3.25. The lowest BCUT2D eigenvalue weighted by atomic mass is 10.2. The fraction of sp³-hybridized carbons (Fsp3) is 0.143. The van der Waals surface area contributed by atoms with E-state index in [1.807, 2.05) is 25.1 Å². The Labute approximate surface area is 168 Å². The highest BCUT2D eigenvalue weighted by Crippen LogP contribution is 2.29. The van der Waals surface area contributed by atoms with Crippen LogP contribution >= 0.6 is 11.6 Å². The summed E-state index contributed by atoms with van der Waals surface area (Å²) in [5.74, 6) is 0.779. The molecule has 0 aliphatic heterocycles. The summed E-state index contributed by atoms with van der Waals surface area (Å²) in [6.45, 7) is 1.94. The van der Waals surface area contributed by atoms with E-state index in [2.05, 4.69) is 15.6 Å². The van der Waals surface area contributed by atoms with Crippen molar-refractivity contribution in [1.82, 2.24) is 4.98 Å². The Balaban J connectivity index is 1.78. The molecule has 7 heteroatoms. The first kappa shape index (κ1) is 19.5. The minimum absolute atomic E-state index is 0.265. The Bertz CT molecular complexity index is 1010. The number of rotatable bonds is 6. The average Bonchev–Trinajstić information content (AvgIpc) is 2.71. The number of amides is 1. The van der Waals surface area contributed by atoms with Crippen LogP contribution in [0.25, 0.3) is 0 Å². The van der Waals surface area contributed by atoms with Crippen molar-refractivity contribution in [1.29, 1.82) is 0 Å². The van der Waals surface area contributed by atoms with E-state index in [1.54, 1.807) is 43.6 Å². The summed E-state index contributed by atoms with van der Waals surface area (Å²) in [5, 5.41) is 6.70. The molecule has 0 aliphatic rings. The second kappa shape index (κ2) is 8.63. The summed E-state index contributed by atoms with van der Waals surface area (Å²) in [6, 6.07) is 14.3. The van der Waals surface area contributed by atoms with Gasteiger partial charge in [0.25, 0.3) is 5.91 Å². The van der Waals surface area contributed by atoms with Gasteiger partial charge in [0.05, 0.1) is 19.9 Å². The smallest absolute Gasteiger partial charge is 0.274 e. The van der Waals surface area contributed by atoms with E-state index >= 15 is 0 Å². The zero-order valence-corrected chi connectivity index (χ0v) is 16.5. The molecule has 0 aliphatic carbocycles. The van der Waals surface area contributed by atoms with Gasteiger partial charge in [-0.2, -0.15) is 0 Å². The number of anilines is 3. The molecule has 3 aromatic rings. The maximum Gasteiger partial charge on any atom is 0.274 e. The number of benzene rings is 2. The van der Waals surface area contributed by atoms with Crippen molar-refractivity contribution in [3.63, 3.8) is 0 Å². The summed E-state index contributed by atoms with van der Waals surface area (Å²) in [5.41, 5.74) is 3.34. The maximum absolute atomic E-state index is 12.6. The van der Waals surface area contributed by atoms with Crippen molar-refractivity contribution in [2.75, 3.05) is 24.9 Å². The van der Waals surface area contributed by atoms with Gasteiger partial charge < -0.3 is 20.1 Å². The van der Waals surface area contributed by atoms with Crippen LogP contribution < -0.4 is 20.1 Å². The van der Waals surface area contributed by atoms with Crippen molar-refractivity contribution in [2.24, 2.45) is 0 Å². The molecule has 0 unspecified atom stereocenters. The standard InChI is InChI=1S/C21H20ClN3O3/c1-13-4-5-14(10-17(13)22)24-15-8-9-23-19(11-15)21(26)25-18-7-6-16(27-2)12-20(18)28-3/h4-12H,1-3H3,(H,23,24)(H,25,26). The quantitative estimate of drug-likeness (QED) is 0.608. The lowest BCUT2D eigenvalue weighted by Crippen LogP contribution is -2.14. The molecule has 3 rings (SSSR count). The van der Waals surface area contributed by atoms with Gasteiger partial charge in [0.2, 0.25) is 0 Å². The van der Waals surface area contributed by atoms with Crippen molar-refractivity contribution in [3.05, 3.63) is 71.0 Å². The van der Waals surface area contributed by atoms with Crippen LogP contribution in [0.2, 0.25) is 5.02 Å². The molecule has 0 saturated heterocycles. The van der Waals surface area contributed by atoms with Crippen LogP contribution in [0.1, 0.15) is 16.1 Å². The molecule has 144 valence electrons. The third-order valence-corrected chi connectivity index (χ3v) is 4.52. The molecule has 2 aromatic carbocycles. The number of aromatic nitrogens is 1. The summed E-state index contributed by atoms with van der Waals surface area (Å²) >= 11 is 6.16. The number of pyridine rings is 1. The molecule has 0 spiro atoms. The SMILES string of the molecule is COc1ccc(NC(=O)c2cc(Nc3ccc(C)c(Cl)c3)ccn2)c(OC)c1. The van der Waals surface area contributed by atoms with E-state index in [9.17, 15) is 4.79 Å². The van der Waals surface area contributed by atoms with Gasteiger partial charge in [-0.1, -0.05) is 17.7 Å². The van der Waals surface area contributed by atoms with Crippen molar-refractivity contribution in [3.8, 4) is 11.5 Å². The number of ether oxygens (including phenoxy) is 2. The molecule has 1 amide bonds. The number of hydrogen-bond acceptors (Lipinski definition) is 5. The maximum atomic E-state index is 12.6. The largest absolute Gasteiger partial charge is 0.497 e. The first-order chi connectivity index (χ1) is 13.5. The van der Waals surface area contributed by atoms with E-state index in [0.29, 0.717) is 22.2 Å². The normalized spacial score (nSPS) is 10.3. The summed E-state index contributed by atoms with van der Waals surface area (Å²) in [4.78, 5) is 16.8. The lowest BCUT2D eigenvalue weighted by molar-refractivity contribution is 0.102. The van der Waals surface area contributed by atoms with Gasteiger partial charge in [-0.3, -0.25) is 9.78 Å². The number of halogens is 1. The second-order valence-corrected chi connectivity index (χ2v) is 6.45. The van der Waals surface area contributed by atoms with Crippen LogP contribution in [0.15, 0.2) is 54.7 Å². The molecule has 1 heterocycles. The molecular weight excluding hydrogens is 378 g/mol. The van der Waals surface area contributed by atoms with Crippen LogP contribution in [-0.4, -0.2) is 25.1 Å². The van der Waals surface area contributed by atoms with Crippen molar-refractivity contribution < 1.29 is 14.3 Å². The molecule has 0 bridgehead atoms. The summed E-state index contributed by atoms with van der Waals surface area (Å²) in [7, 11) is 3.09. The second-order valence-electron chi connectivity index (χ2n) is 6.04. The Morgan fingerprint density at radius 2 is 1.79 bits per heavy atom. The zero-order chi connectivity index (χ0) is 20.1. The van der Waals surface area contributed by atoms with E-state index < -0.39 is 0 Å². The third kappa shape index (κ3) is 4.53. The van der Waals surface area contributed by atoms with Gasteiger partial charge in [-0.15, -0.1) is 0 Å². The topological polar surface area (TPSA) is 72.5 Å². The number of hydrogen-bond donors (Lipinski definition) is 2. The molecular formula is C21H20ClN3O3. The van der Waals surface area contributed by atoms with Gasteiger partial charge in [0.1, 0.15) is 17.2 Å². The highest BCUT2D eigenvalue weighted by molar-refractivity contribution is 6.31. The Morgan fingerprint density at radius 3 is 2.50 bits per heavy atom. The molecule has 1 aromatic heterocycles. The number of methoxy groups -OCH3 is 2. The third-order valence-electron chi connectivity index (χ3n) is 4.11. The first-order valence-corrected chi connectivity index (χ1v) is 8.90. The van der Waals surface area contributed by atoms with Crippen LogP contribution in [-0.2, 0) is 0 Å². The van der Waals surface area contributed by atoms with Crippen LogP contribution in [0.5, 0.6) is 11.5 Å². The molecule has 6 nitrogen and oxygen atoms in total. The zero-order valence-electron chi connectivity index (χ0n) is 15.7. The molecule has 0 fully saturated rings. The highest BCUT2D eigenvalue weighted by atomic mass is 35.5. The number of aryl methyl sites for hydroxylation is 1. The van der Waals surface area contributed by atoms with Crippen molar-refractivity contribution in [2.45, 2.75) is 6.92 Å². The average molecular weight is 398 g/mol. The van der Waals surface area contributed by atoms with Gasteiger partial charge >= 0.3 is 0 Å². The van der Waals surface area contributed by atoms with E-state index in [-0.39, 0.29) is 11.6 Å². The molecule has 0 radical (unpaired) electrons. The van der Waals surface area contributed by atoms with Crippen LogP contribution in [0.3, 0.4) is 0 Å². The van der Waals surface area contributed by atoms with E-state index in [4.69, 9.17) is 21.1 Å². The Morgan fingerprint density at radius 1 is 1.00 bits per heavy atom. The lowest BCUT2D eigenvalue weighted by Gasteiger charge is -2.12. The van der Waals surface area contributed by atoms with E-state index in [0.717, 1.165) is 16.9 Å². The van der Waals surface area contributed by atoms with Crippen LogP contribution in [0.4, 0.5) is 17.1 Å². The number of carbonyl (C=O) groups is 1. The number of carbonyl (C=O) groups excluding carboxylic acids is 1. The van der Waals surface area contributed by atoms with Gasteiger partial charge in [0.15, 0.2) is 0 Å².